The Kier molecular flexibility index (Phi) is 5.07. The van der Waals surface area contributed by atoms with E-state index in [1.807, 2.05) is 23.6 Å². The molecule has 2 heterocycles. The van der Waals surface area contributed by atoms with Crippen LogP contribution in [0.25, 0.3) is 5.69 Å². The van der Waals surface area contributed by atoms with E-state index >= 15 is 0 Å². The molecule has 1 amide bonds. The van der Waals surface area contributed by atoms with Crippen molar-refractivity contribution in [2.75, 3.05) is 5.32 Å². The average Bonchev–Trinajstić information content (AvgIpc) is 3.38. The maximum atomic E-state index is 12.6. The third-order valence-corrected chi connectivity index (χ3v) is 4.94. The maximum absolute atomic E-state index is 12.6. The van der Waals surface area contributed by atoms with Crippen LogP contribution in [0.2, 0.25) is 0 Å². The zero-order valence-corrected chi connectivity index (χ0v) is 15.6. The van der Waals surface area contributed by atoms with Crippen molar-refractivity contribution < 1.29 is 9.53 Å². The number of anilines is 1. The zero-order valence-electron chi connectivity index (χ0n) is 14.8. The SMILES string of the molecule is O=C(Nc1cccc(-n2cc[nH]c2=O)c1)c1cccc(OCc2cccs2)c1. The molecule has 0 atom stereocenters. The predicted molar refractivity (Wildman–Crippen MR) is 109 cm³/mol. The third kappa shape index (κ3) is 4.05. The normalized spacial score (nSPS) is 10.6. The Bertz CT molecular complexity index is 1150. The summed E-state index contributed by atoms with van der Waals surface area (Å²) in [6, 6.07) is 18.1. The van der Waals surface area contributed by atoms with E-state index in [2.05, 4.69) is 10.3 Å². The number of nitrogens with one attached hydrogen (secondary N) is 2. The summed E-state index contributed by atoms with van der Waals surface area (Å²) in [5.74, 6) is 0.383. The number of hydrogen-bond donors (Lipinski definition) is 2. The highest BCUT2D eigenvalue weighted by Crippen LogP contribution is 2.19. The number of aromatic amines is 1. The van der Waals surface area contributed by atoms with Gasteiger partial charge in [0.1, 0.15) is 12.4 Å². The minimum Gasteiger partial charge on any atom is -0.488 e. The smallest absolute Gasteiger partial charge is 0.330 e. The van der Waals surface area contributed by atoms with E-state index in [0.29, 0.717) is 29.3 Å². The fourth-order valence-electron chi connectivity index (χ4n) is 2.74. The lowest BCUT2D eigenvalue weighted by molar-refractivity contribution is 0.102. The molecule has 28 heavy (non-hydrogen) atoms. The minimum atomic E-state index is -0.250. The van der Waals surface area contributed by atoms with Gasteiger partial charge in [0.15, 0.2) is 0 Å². The topological polar surface area (TPSA) is 76.1 Å². The van der Waals surface area contributed by atoms with Gasteiger partial charge in [-0.3, -0.25) is 9.36 Å². The molecule has 0 radical (unpaired) electrons. The van der Waals surface area contributed by atoms with E-state index in [1.165, 1.54) is 4.57 Å². The van der Waals surface area contributed by atoms with Gasteiger partial charge in [-0.1, -0.05) is 18.2 Å². The molecule has 6 nitrogen and oxygen atoms in total. The Morgan fingerprint density at radius 3 is 2.79 bits per heavy atom. The van der Waals surface area contributed by atoms with Crippen molar-refractivity contribution in [3.05, 3.63) is 99.4 Å². The van der Waals surface area contributed by atoms with Crippen LogP contribution < -0.4 is 15.7 Å². The summed E-state index contributed by atoms with van der Waals surface area (Å²) in [6.07, 6.45) is 3.20. The van der Waals surface area contributed by atoms with E-state index in [4.69, 9.17) is 4.74 Å². The van der Waals surface area contributed by atoms with Gasteiger partial charge in [0.2, 0.25) is 0 Å². The van der Waals surface area contributed by atoms with Crippen LogP contribution in [0.4, 0.5) is 5.69 Å². The predicted octanol–water partition coefficient (Wildman–Crippen LogP) is 4.06. The Hall–Kier alpha value is -3.58. The standard InChI is InChI=1S/C21H17N3O3S/c25-20(15-4-1-7-18(12-15)27-14-19-8-3-11-28-19)23-16-5-2-6-17(13-16)24-10-9-22-21(24)26/h1-13H,14H2,(H,22,26)(H,23,25). The van der Waals surface area contributed by atoms with Crippen molar-refractivity contribution in [3.8, 4) is 11.4 Å². The molecule has 0 fully saturated rings. The number of aromatic nitrogens is 2. The summed E-state index contributed by atoms with van der Waals surface area (Å²) in [4.78, 5) is 28.1. The van der Waals surface area contributed by atoms with E-state index in [0.717, 1.165) is 4.88 Å². The van der Waals surface area contributed by atoms with Gasteiger partial charge in [0, 0.05) is 28.5 Å². The van der Waals surface area contributed by atoms with Crippen molar-refractivity contribution in [2.24, 2.45) is 0 Å². The Morgan fingerprint density at radius 2 is 2.00 bits per heavy atom. The number of H-pyrrole nitrogens is 1. The number of imidazole rings is 1. The quantitative estimate of drug-likeness (QED) is 0.520. The molecule has 0 aliphatic heterocycles. The first-order valence-corrected chi connectivity index (χ1v) is 9.50. The second kappa shape index (κ2) is 7.98. The van der Waals surface area contributed by atoms with E-state index in [-0.39, 0.29) is 11.6 Å². The first-order chi connectivity index (χ1) is 13.7. The van der Waals surface area contributed by atoms with Gasteiger partial charge in [-0.15, -0.1) is 11.3 Å². The Balaban J connectivity index is 1.47. The minimum absolute atomic E-state index is 0.237. The molecule has 0 aliphatic rings. The van der Waals surface area contributed by atoms with Crippen LogP contribution in [-0.4, -0.2) is 15.5 Å². The molecular formula is C21H17N3O3S. The van der Waals surface area contributed by atoms with E-state index in [1.54, 1.807) is 66.2 Å². The van der Waals surface area contributed by atoms with Crippen molar-refractivity contribution >= 4 is 22.9 Å². The van der Waals surface area contributed by atoms with Gasteiger partial charge >= 0.3 is 5.69 Å². The van der Waals surface area contributed by atoms with Crippen LogP contribution >= 0.6 is 11.3 Å². The molecule has 2 aromatic carbocycles. The molecule has 0 aliphatic carbocycles. The maximum Gasteiger partial charge on any atom is 0.330 e. The first-order valence-electron chi connectivity index (χ1n) is 8.62. The van der Waals surface area contributed by atoms with Gasteiger partial charge in [0.25, 0.3) is 5.91 Å². The molecule has 4 aromatic rings. The number of thiophene rings is 1. The molecule has 0 bridgehead atoms. The van der Waals surface area contributed by atoms with Crippen LogP contribution in [-0.2, 0) is 6.61 Å². The largest absolute Gasteiger partial charge is 0.488 e. The number of rotatable bonds is 6. The molecular weight excluding hydrogens is 374 g/mol. The molecule has 0 saturated carbocycles. The van der Waals surface area contributed by atoms with Crippen LogP contribution in [0.5, 0.6) is 5.75 Å². The van der Waals surface area contributed by atoms with Crippen LogP contribution in [0.1, 0.15) is 15.2 Å². The average molecular weight is 391 g/mol. The second-order valence-electron chi connectivity index (χ2n) is 6.04. The lowest BCUT2D eigenvalue weighted by atomic mass is 10.2. The van der Waals surface area contributed by atoms with Crippen molar-refractivity contribution in [2.45, 2.75) is 6.61 Å². The van der Waals surface area contributed by atoms with Crippen molar-refractivity contribution in [1.82, 2.24) is 9.55 Å². The Morgan fingerprint density at radius 1 is 1.11 bits per heavy atom. The fourth-order valence-corrected chi connectivity index (χ4v) is 3.35. The van der Waals surface area contributed by atoms with Crippen molar-refractivity contribution in [3.63, 3.8) is 0 Å². The summed E-state index contributed by atoms with van der Waals surface area (Å²) >= 11 is 1.62. The van der Waals surface area contributed by atoms with Crippen LogP contribution in [0.15, 0.2) is 83.2 Å². The molecule has 7 heteroatoms. The highest BCUT2D eigenvalue weighted by molar-refractivity contribution is 7.09. The number of carbonyl (C=O) groups is 1. The molecule has 2 aromatic heterocycles. The summed E-state index contributed by atoms with van der Waals surface area (Å²) in [5, 5.41) is 4.86. The summed E-state index contributed by atoms with van der Waals surface area (Å²) in [7, 11) is 0. The van der Waals surface area contributed by atoms with Gasteiger partial charge in [-0.05, 0) is 47.8 Å². The molecule has 0 saturated heterocycles. The first kappa shape index (κ1) is 17.8. The number of benzene rings is 2. The van der Waals surface area contributed by atoms with Crippen LogP contribution in [0.3, 0.4) is 0 Å². The molecule has 2 N–H and O–H groups in total. The molecule has 0 unspecified atom stereocenters. The molecule has 0 spiro atoms. The number of nitrogens with zero attached hydrogens (tertiary/aromatic N) is 1. The van der Waals surface area contributed by atoms with Gasteiger partial charge in [0.05, 0.1) is 5.69 Å². The lowest BCUT2D eigenvalue weighted by Gasteiger charge is -2.09. The third-order valence-electron chi connectivity index (χ3n) is 4.09. The summed E-state index contributed by atoms with van der Waals surface area (Å²) in [5.41, 5.74) is 1.52. The highest BCUT2D eigenvalue weighted by atomic mass is 32.1. The van der Waals surface area contributed by atoms with E-state index < -0.39 is 0 Å². The Labute approximate surface area is 165 Å². The second-order valence-corrected chi connectivity index (χ2v) is 7.07. The molecule has 4 rings (SSSR count). The van der Waals surface area contributed by atoms with Crippen LogP contribution in [0, 0.1) is 0 Å². The highest BCUT2D eigenvalue weighted by Gasteiger charge is 2.09. The monoisotopic (exact) mass is 391 g/mol. The van der Waals surface area contributed by atoms with Gasteiger partial charge < -0.3 is 15.0 Å². The number of amides is 1. The summed E-state index contributed by atoms with van der Waals surface area (Å²) in [6.45, 7) is 0.468. The zero-order chi connectivity index (χ0) is 19.3. The van der Waals surface area contributed by atoms with Crippen molar-refractivity contribution in [1.29, 1.82) is 0 Å². The summed E-state index contributed by atoms with van der Waals surface area (Å²) < 4.78 is 7.23. The van der Waals surface area contributed by atoms with Gasteiger partial charge in [-0.25, -0.2) is 4.79 Å². The van der Waals surface area contributed by atoms with E-state index in [9.17, 15) is 9.59 Å². The fraction of sp³-hybridized carbons (Fsp3) is 0.0476. The number of carbonyl (C=O) groups excluding carboxylic acids is 1. The lowest BCUT2D eigenvalue weighted by Crippen LogP contribution is -2.15. The van der Waals surface area contributed by atoms with Gasteiger partial charge in [-0.2, -0.15) is 0 Å². The number of hydrogen-bond acceptors (Lipinski definition) is 4. The molecule has 140 valence electrons. The number of ether oxygens (including phenoxy) is 1.